The minimum atomic E-state index is -1.32. The summed E-state index contributed by atoms with van der Waals surface area (Å²) in [4.78, 5) is 15.3. The smallest absolute Gasteiger partial charge is 0.237 e. The summed E-state index contributed by atoms with van der Waals surface area (Å²) in [7, 11) is 1.98. The number of carbonyl (C=O) groups is 1. The van der Waals surface area contributed by atoms with Gasteiger partial charge in [0, 0.05) is 18.6 Å². The number of thioether (sulfide) groups is 1. The van der Waals surface area contributed by atoms with Gasteiger partial charge in [0.05, 0.1) is 12.1 Å². The van der Waals surface area contributed by atoms with E-state index in [1.807, 2.05) is 14.0 Å². The molecule has 1 aliphatic carbocycles. The van der Waals surface area contributed by atoms with Crippen molar-refractivity contribution in [1.82, 2.24) is 15.5 Å². The lowest BCUT2D eigenvalue weighted by Crippen LogP contribution is -2.67. The zero-order valence-electron chi connectivity index (χ0n) is 18.5. The molecule has 0 aromatic carbocycles. The summed E-state index contributed by atoms with van der Waals surface area (Å²) in [6, 6.07) is -0.465. The second-order valence-electron chi connectivity index (χ2n) is 9.29. The predicted octanol–water partition coefficient (Wildman–Crippen LogP) is -0.0973. The van der Waals surface area contributed by atoms with Crippen LogP contribution in [0.25, 0.3) is 0 Å². The summed E-state index contributed by atoms with van der Waals surface area (Å²) >= 11 is 1.28. The van der Waals surface area contributed by atoms with Crippen LogP contribution in [0.2, 0.25) is 0 Å². The fourth-order valence-electron chi connectivity index (χ4n) is 4.87. The highest BCUT2D eigenvalue weighted by atomic mass is 32.2. The first-order valence-electron chi connectivity index (χ1n) is 11.3. The summed E-state index contributed by atoms with van der Waals surface area (Å²) in [6.07, 6.45) is 2.43. The van der Waals surface area contributed by atoms with Gasteiger partial charge in [0.25, 0.3) is 0 Å². The molecule has 0 bridgehead atoms. The molecule has 8 nitrogen and oxygen atoms in total. The van der Waals surface area contributed by atoms with Gasteiger partial charge in [0.2, 0.25) is 5.91 Å². The van der Waals surface area contributed by atoms with Crippen molar-refractivity contribution in [3.8, 4) is 0 Å². The number of amides is 1. The average molecular weight is 446 g/mol. The summed E-state index contributed by atoms with van der Waals surface area (Å²) in [6.45, 7) is 5.05. The molecule has 5 unspecified atom stereocenters. The maximum absolute atomic E-state index is 13.2. The molecule has 0 spiro atoms. The molecule has 30 heavy (non-hydrogen) atoms. The lowest BCUT2D eigenvalue weighted by molar-refractivity contribution is -0.207. The van der Waals surface area contributed by atoms with Gasteiger partial charge in [-0.25, -0.2) is 0 Å². The third kappa shape index (κ3) is 5.49. The van der Waals surface area contributed by atoms with Crippen LogP contribution < -0.4 is 10.6 Å². The highest BCUT2D eigenvalue weighted by Gasteiger charge is 2.49. The first kappa shape index (κ1) is 24.2. The van der Waals surface area contributed by atoms with E-state index < -0.39 is 35.9 Å². The number of hydrogen-bond donors (Lipinski definition) is 5. The monoisotopic (exact) mass is 445 g/mol. The van der Waals surface area contributed by atoms with Gasteiger partial charge in [-0.05, 0) is 51.8 Å². The number of aliphatic hydroxyl groups is 3. The van der Waals surface area contributed by atoms with Crippen molar-refractivity contribution >= 4 is 17.7 Å². The van der Waals surface area contributed by atoms with E-state index in [-0.39, 0.29) is 18.0 Å². The lowest BCUT2D eigenvalue weighted by atomic mass is 9.90. The normalized spacial score (nSPS) is 39.6. The second kappa shape index (κ2) is 10.5. The van der Waals surface area contributed by atoms with Crippen LogP contribution in [0.1, 0.15) is 46.0 Å². The van der Waals surface area contributed by atoms with E-state index in [2.05, 4.69) is 22.5 Å². The Bertz CT molecular complexity index is 579. The first-order chi connectivity index (χ1) is 14.3. The minimum absolute atomic E-state index is 0.0670. The summed E-state index contributed by atoms with van der Waals surface area (Å²) in [5, 5.41) is 37.9. The molecule has 9 heteroatoms. The largest absolute Gasteiger partial charge is 0.388 e. The van der Waals surface area contributed by atoms with Crippen LogP contribution in [0, 0.1) is 5.92 Å². The minimum Gasteiger partial charge on any atom is -0.388 e. The summed E-state index contributed by atoms with van der Waals surface area (Å²) in [5.74, 6) is 0.452. The van der Waals surface area contributed by atoms with Crippen molar-refractivity contribution in [3.63, 3.8) is 0 Å². The predicted molar refractivity (Wildman–Crippen MR) is 117 cm³/mol. The number of nitrogens with zero attached hydrogens (tertiary/aromatic N) is 1. The van der Waals surface area contributed by atoms with Gasteiger partial charge in [-0.3, -0.25) is 9.69 Å². The van der Waals surface area contributed by atoms with Crippen molar-refractivity contribution < 1.29 is 24.9 Å². The Labute approximate surface area is 184 Å². The number of carbonyl (C=O) groups excluding carboxylic acids is 1. The van der Waals surface area contributed by atoms with E-state index in [9.17, 15) is 20.1 Å². The van der Waals surface area contributed by atoms with E-state index in [4.69, 9.17) is 4.74 Å². The van der Waals surface area contributed by atoms with Crippen LogP contribution in [-0.2, 0) is 9.53 Å². The quantitative estimate of drug-likeness (QED) is 0.334. The van der Waals surface area contributed by atoms with Crippen molar-refractivity contribution in [3.05, 3.63) is 0 Å². The number of likely N-dealkylation sites (N-methyl/N-ethyl adjacent to an activating group) is 1. The molecular formula is C21H39N3O5S. The fraction of sp³-hybridized carbons (Fsp3) is 0.952. The Balaban J connectivity index is 1.74. The molecule has 3 aliphatic rings. The van der Waals surface area contributed by atoms with E-state index in [0.717, 1.165) is 38.6 Å². The standard InChI is InChI=1S/C21H39N3O5S/c1-5-6-12-9-14(24(3)10-12)20(28)23-15(11(2)22-13-7-8-13)19-17(26)16(25)18(27)21(29-19)30-4/h11-19,21-22,25-27H,5-10H2,1-4H3,(H,23,28)/t11-,12+,14-,15+,16?,17?,18?,19?,21?/m0/s1. The zero-order chi connectivity index (χ0) is 22.0. The van der Waals surface area contributed by atoms with Gasteiger partial charge in [0.1, 0.15) is 29.9 Å². The molecular weight excluding hydrogens is 406 g/mol. The highest BCUT2D eigenvalue weighted by molar-refractivity contribution is 7.99. The van der Waals surface area contributed by atoms with Crippen LogP contribution in [0.3, 0.4) is 0 Å². The third-order valence-electron chi connectivity index (χ3n) is 6.75. The third-order valence-corrected chi connectivity index (χ3v) is 7.61. The van der Waals surface area contributed by atoms with Crippen LogP contribution >= 0.6 is 11.8 Å². The molecule has 0 aromatic rings. The summed E-state index contributed by atoms with van der Waals surface area (Å²) < 4.78 is 6.00. The highest BCUT2D eigenvalue weighted by Crippen LogP contribution is 2.31. The average Bonchev–Trinajstić information content (AvgIpc) is 3.45. The number of rotatable bonds is 9. The van der Waals surface area contributed by atoms with Crippen molar-refractivity contribution in [1.29, 1.82) is 0 Å². The van der Waals surface area contributed by atoms with Gasteiger partial charge in [-0.2, -0.15) is 0 Å². The van der Waals surface area contributed by atoms with Crippen LogP contribution in [-0.4, -0.2) is 100.0 Å². The van der Waals surface area contributed by atoms with Gasteiger partial charge in [0.15, 0.2) is 0 Å². The molecule has 9 atom stereocenters. The van der Waals surface area contributed by atoms with Crippen molar-refractivity contribution in [2.45, 2.75) is 100.0 Å². The maximum atomic E-state index is 13.2. The Hall–Kier alpha value is -0.420. The molecule has 3 rings (SSSR count). The van der Waals surface area contributed by atoms with Crippen LogP contribution in [0.4, 0.5) is 0 Å². The number of ether oxygens (including phenoxy) is 1. The lowest BCUT2D eigenvalue weighted by Gasteiger charge is -2.45. The molecule has 0 aromatic heterocycles. The number of aliphatic hydroxyl groups excluding tert-OH is 3. The van der Waals surface area contributed by atoms with Gasteiger partial charge >= 0.3 is 0 Å². The number of likely N-dealkylation sites (tertiary alicyclic amines) is 1. The SMILES string of the molecule is CCC[C@@H]1C[C@@H](C(=O)N[C@@H](C2OC(SC)C(O)C(O)C2O)[C@H](C)NC2CC2)N(C)C1. The van der Waals surface area contributed by atoms with Gasteiger partial charge in [-0.15, -0.1) is 11.8 Å². The fourth-order valence-corrected chi connectivity index (χ4v) is 5.55. The Morgan fingerprint density at radius 2 is 1.93 bits per heavy atom. The molecule has 0 radical (unpaired) electrons. The van der Waals surface area contributed by atoms with Crippen molar-refractivity contribution in [2.24, 2.45) is 5.92 Å². The first-order valence-corrected chi connectivity index (χ1v) is 12.5. The van der Waals surface area contributed by atoms with Crippen molar-refractivity contribution in [2.75, 3.05) is 19.8 Å². The molecule has 5 N–H and O–H groups in total. The molecule has 2 saturated heterocycles. The molecule has 1 amide bonds. The number of nitrogens with one attached hydrogen (secondary N) is 2. The topological polar surface area (TPSA) is 114 Å². The van der Waals surface area contributed by atoms with E-state index >= 15 is 0 Å². The Morgan fingerprint density at radius 1 is 1.23 bits per heavy atom. The van der Waals surface area contributed by atoms with E-state index in [1.54, 1.807) is 6.26 Å². The van der Waals surface area contributed by atoms with Crippen LogP contribution in [0.15, 0.2) is 0 Å². The van der Waals surface area contributed by atoms with E-state index in [1.165, 1.54) is 11.8 Å². The molecule has 3 fully saturated rings. The summed E-state index contributed by atoms with van der Waals surface area (Å²) in [5.41, 5.74) is -0.663. The number of hydrogen-bond acceptors (Lipinski definition) is 8. The molecule has 2 aliphatic heterocycles. The van der Waals surface area contributed by atoms with Gasteiger partial charge in [-0.1, -0.05) is 13.3 Å². The second-order valence-corrected chi connectivity index (χ2v) is 10.2. The molecule has 174 valence electrons. The molecule has 1 saturated carbocycles. The zero-order valence-corrected chi connectivity index (χ0v) is 19.3. The molecule has 2 heterocycles. The Morgan fingerprint density at radius 3 is 2.53 bits per heavy atom. The Kier molecular flexibility index (Phi) is 8.45. The van der Waals surface area contributed by atoms with Crippen LogP contribution in [0.5, 0.6) is 0 Å². The van der Waals surface area contributed by atoms with Gasteiger partial charge < -0.3 is 30.7 Å². The van der Waals surface area contributed by atoms with E-state index in [0.29, 0.717) is 12.0 Å². The maximum Gasteiger partial charge on any atom is 0.237 e.